The highest BCUT2D eigenvalue weighted by atomic mass is 35.5. The minimum Gasteiger partial charge on any atom is -0.872 e. The van der Waals surface area contributed by atoms with Crippen LogP contribution in [0, 0.1) is 0 Å². The number of esters is 1. The van der Waals surface area contributed by atoms with E-state index in [1.54, 1.807) is 12.1 Å². The van der Waals surface area contributed by atoms with E-state index in [1.165, 1.54) is 6.07 Å². The number of carboxylic acid groups (broad SMARTS) is 1. The fourth-order valence-corrected chi connectivity index (χ4v) is 2.87. The first kappa shape index (κ1) is 23.5. The lowest BCUT2D eigenvalue weighted by Gasteiger charge is -2.18. The summed E-state index contributed by atoms with van der Waals surface area (Å²) in [4.78, 5) is 25.9. The Bertz CT molecular complexity index is 805. The van der Waals surface area contributed by atoms with E-state index in [-0.39, 0.29) is 18.2 Å². The van der Waals surface area contributed by atoms with Gasteiger partial charge < -0.3 is 19.8 Å². The lowest BCUT2D eigenvalue weighted by Crippen LogP contribution is -2.24. The molecule has 2 aromatic rings. The number of hydrogen-bond acceptors (Lipinski definition) is 5. The van der Waals surface area contributed by atoms with Crippen molar-refractivity contribution in [2.75, 3.05) is 19.6 Å². The molecule has 0 spiro atoms. The van der Waals surface area contributed by atoms with Crippen molar-refractivity contribution in [1.29, 1.82) is 0 Å². The van der Waals surface area contributed by atoms with Crippen LogP contribution in [0.15, 0.2) is 42.5 Å². The lowest BCUT2D eigenvalue weighted by atomic mass is 10.0. The predicted molar refractivity (Wildman–Crippen MR) is 108 cm³/mol. The number of ether oxygens (including phenoxy) is 1. The molecule has 0 bridgehead atoms. The second-order valence-corrected chi connectivity index (χ2v) is 6.14. The topological polar surface area (TPSA) is 89.9 Å². The lowest BCUT2D eigenvalue weighted by molar-refractivity contribution is -0.268. The summed E-state index contributed by atoms with van der Waals surface area (Å²) < 4.78 is 5.31. The molecule has 1 N–H and O–H groups in total. The number of aryl methyl sites for hydroxylation is 1. The number of carbonyl (C=O) groups excluding carboxylic acids is 1. The second-order valence-electron chi connectivity index (χ2n) is 6.14. The first-order valence-electron chi connectivity index (χ1n) is 9.03. The molecule has 0 aliphatic carbocycles. The van der Waals surface area contributed by atoms with Crippen molar-refractivity contribution in [3.05, 3.63) is 59.2 Å². The van der Waals surface area contributed by atoms with E-state index >= 15 is 0 Å². The normalized spacial score (nSPS) is 10.4. The van der Waals surface area contributed by atoms with Crippen molar-refractivity contribution in [2.45, 2.75) is 26.7 Å². The molecule has 28 heavy (non-hydrogen) atoms. The number of carbonyl (C=O) groups is 2. The van der Waals surface area contributed by atoms with Gasteiger partial charge in [-0.15, -0.1) is 12.4 Å². The number of rotatable bonds is 9. The molecule has 0 aromatic heterocycles. The van der Waals surface area contributed by atoms with Gasteiger partial charge in [0.05, 0.1) is 11.1 Å². The monoisotopic (exact) mass is 406 g/mol. The van der Waals surface area contributed by atoms with Gasteiger partial charge in [0.2, 0.25) is 0 Å². The van der Waals surface area contributed by atoms with Gasteiger partial charge in [-0.25, -0.2) is 9.59 Å². The third-order valence-electron chi connectivity index (χ3n) is 4.44. The predicted octanol–water partition coefficient (Wildman–Crippen LogP) is 3.37. The van der Waals surface area contributed by atoms with Gasteiger partial charge in [0.15, 0.2) is 0 Å². The zero-order chi connectivity index (χ0) is 19.8. The molecule has 7 heteroatoms. The van der Waals surface area contributed by atoms with Crippen LogP contribution in [0.5, 0.6) is 11.5 Å². The first-order valence-corrected chi connectivity index (χ1v) is 9.03. The van der Waals surface area contributed by atoms with Crippen LogP contribution in [0.4, 0.5) is 0 Å². The molecule has 0 saturated carbocycles. The van der Waals surface area contributed by atoms with Crippen LogP contribution in [0.25, 0.3) is 0 Å². The summed E-state index contributed by atoms with van der Waals surface area (Å²) in [7, 11) is 0. The molecular weight excluding hydrogens is 382 g/mol. The molecule has 6 nitrogen and oxygen atoms in total. The van der Waals surface area contributed by atoms with Crippen LogP contribution in [-0.2, 0) is 6.42 Å². The van der Waals surface area contributed by atoms with Crippen molar-refractivity contribution < 1.29 is 24.5 Å². The van der Waals surface area contributed by atoms with E-state index in [0.29, 0.717) is 5.56 Å². The van der Waals surface area contributed by atoms with Gasteiger partial charge in [-0.1, -0.05) is 43.9 Å². The quantitative estimate of drug-likeness (QED) is 0.507. The smallest absolute Gasteiger partial charge is 0.343 e. The largest absolute Gasteiger partial charge is 0.872 e. The van der Waals surface area contributed by atoms with Gasteiger partial charge in [0, 0.05) is 0 Å². The van der Waals surface area contributed by atoms with Crippen LogP contribution in [-0.4, -0.2) is 41.6 Å². The number of hydrogen-bond donors (Lipinski definition) is 1. The number of benzene rings is 2. The maximum absolute atomic E-state index is 12.6. The Balaban J connectivity index is 0.00000392. The summed E-state index contributed by atoms with van der Waals surface area (Å²) in [6.07, 6.45) is 1.65. The summed E-state index contributed by atoms with van der Waals surface area (Å²) in [5.41, 5.74) is 0.904. The van der Waals surface area contributed by atoms with Gasteiger partial charge in [-0.05, 0) is 56.2 Å². The maximum Gasteiger partial charge on any atom is 0.343 e. The zero-order valence-electron chi connectivity index (χ0n) is 16.0. The van der Waals surface area contributed by atoms with Gasteiger partial charge in [0.1, 0.15) is 5.75 Å². The highest BCUT2D eigenvalue weighted by Crippen LogP contribution is 2.22. The van der Waals surface area contributed by atoms with Gasteiger partial charge in [-0.2, -0.15) is 0 Å². The van der Waals surface area contributed by atoms with Gasteiger partial charge in [-0.3, -0.25) is 0 Å². The summed E-state index contributed by atoms with van der Waals surface area (Å²) in [6, 6.07) is 10.7. The van der Waals surface area contributed by atoms with Crippen LogP contribution in [0.2, 0.25) is 0 Å². The standard InChI is InChI=1S/C21H25NO5.ClH/c1-3-22(4-2)13-7-9-15-8-5-6-10-17(15)21(26)27-16-11-12-19(23)18(14-16)20(24)25;/h5-6,8,10-12,14,23H,3-4,7,9,13H2,1-2H3,(H,24,25);1H/p-1. The Kier molecular flexibility index (Phi) is 9.48. The molecular formula is C21H25ClNO5-. The molecule has 2 rings (SSSR count). The Morgan fingerprint density at radius 3 is 2.39 bits per heavy atom. The van der Waals surface area contributed by atoms with E-state index in [0.717, 1.165) is 50.2 Å². The molecule has 152 valence electrons. The van der Waals surface area contributed by atoms with Crippen molar-refractivity contribution in [1.82, 2.24) is 4.90 Å². The maximum atomic E-state index is 12.6. The number of aromatic carboxylic acids is 1. The molecule has 0 saturated heterocycles. The average molecular weight is 407 g/mol. The van der Waals surface area contributed by atoms with Crippen molar-refractivity contribution >= 4 is 24.3 Å². The molecule has 0 radical (unpaired) electrons. The summed E-state index contributed by atoms with van der Waals surface area (Å²) in [5.74, 6) is -2.51. The Hall–Kier alpha value is -2.57. The molecule has 0 amide bonds. The molecule has 0 aliphatic rings. The zero-order valence-corrected chi connectivity index (χ0v) is 16.8. The third-order valence-corrected chi connectivity index (χ3v) is 4.44. The highest BCUT2D eigenvalue weighted by Gasteiger charge is 2.15. The first-order chi connectivity index (χ1) is 13.0. The highest BCUT2D eigenvalue weighted by molar-refractivity contribution is 5.94. The van der Waals surface area contributed by atoms with Crippen LogP contribution in [0.3, 0.4) is 0 Å². The van der Waals surface area contributed by atoms with Crippen LogP contribution < -0.4 is 9.84 Å². The van der Waals surface area contributed by atoms with E-state index in [9.17, 15) is 14.7 Å². The molecule has 0 heterocycles. The van der Waals surface area contributed by atoms with Crippen LogP contribution in [0.1, 0.15) is 46.5 Å². The van der Waals surface area contributed by atoms with Crippen molar-refractivity contribution in [2.24, 2.45) is 0 Å². The number of nitrogens with zero attached hydrogens (tertiary/aromatic N) is 1. The molecule has 2 aromatic carbocycles. The van der Waals surface area contributed by atoms with E-state index < -0.39 is 23.3 Å². The molecule has 0 aliphatic heterocycles. The van der Waals surface area contributed by atoms with E-state index in [1.807, 2.05) is 12.1 Å². The molecule has 0 atom stereocenters. The minimum atomic E-state index is -1.35. The van der Waals surface area contributed by atoms with Crippen molar-refractivity contribution in [3.8, 4) is 11.5 Å². The average Bonchev–Trinajstić information content (AvgIpc) is 2.67. The fourth-order valence-electron chi connectivity index (χ4n) is 2.87. The van der Waals surface area contributed by atoms with Crippen LogP contribution >= 0.6 is 12.4 Å². The summed E-state index contributed by atoms with van der Waals surface area (Å²) >= 11 is 0. The number of carboxylic acids is 1. The second kappa shape index (κ2) is 11.3. The summed E-state index contributed by atoms with van der Waals surface area (Å²) in [5, 5.41) is 20.5. The minimum absolute atomic E-state index is 0. The Morgan fingerprint density at radius 2 is 1.75 bits per heavy atom. The fraction of sp³-hybridized carbons (Fsp3) is 0.333. The van der Waals surface area contributed by atoms with Crippen molar-refractivity contribution in [3.63, 3.8) is 0 Å². The number of halogens is 1. The van der Waals surface area contributed by atoms with E-state index in [4.69, 9.17) is 9.84 Å². The third kappa shape index (κ3) is 6.25. The Morgan fingerprint density at radius 1 is 1.07 bits per heavy atom. The van der Waals surface area contributed by atoms with Gasteiger partial charge in [0.25, 0.3) is 0 Å². The molecule has 0 fully saturated rings. The SMILES string of the molecule is CCN(CC)CCCc1ccccc1C(=O)Oc1ccc([O-])c(C(=O)O)c1.Cl. The Labute approximate surface area is 171 Å². The summed E-state index contributed by atoms with van der Waals surface area (Å²) in [6.45, 7) is 7.16. The van der Waals surface area contributed by atoms with Gasteiger partial charge >= 0.3 is 11.9 Å². The molecule has 0 unspecified atom stereocenters. The van der Waals surface area contributed by atoms with E-state index in [2.05, 4.69) is 18.7 Å².